The predicted octanol–water partition coefficient (Wildman–Crippen LogP) is 8.01. The summed E-state index contributed by atoms with van der Waals surface area (Å²) in [4.78, 5) is 0. The maximum Gasteiger partial charge on any atom is 0.0763 e. The predicted molar refractivity (Wildman–Crippen MR) is 128 cm³/mol. The monoisotopic (exact) mass is 402 g/mol. The standard InChI is InChI=1S/C28H38N2/c1-4-11-22-16-18-23(19-17-22)20-30-28(25-14-9-6-10-15-25)26(27(29-30)21(2)3)24-12-7-5-8-13-24/h6-7,9-10,12-15,21-23H,4-5,8,11,16-20H2,1-3H3. The molecule has 0 atom stereocenters. The van der Waals surface area contributed by atoms with E-state index >= 15 is 0 Å². The third-order valence-electron chi connectivity index (χ3n) is 6.95. The van der Waals surface area contributed by atoms with Crippen molar-refractivity contribution >= 4 is 5.57 Å². The smallest absolute Gasteiger partial charge is 0.0763 e. The number of benzene rings is 1. The average Bonchev–Trinajstić information content (AvgIpc) is 3.16. The van der Waals surface area contributed by atoms with Gasteiger partial charge in [0.1, 0.15) is 0 Å². The fourth-order valence-corrected chi connectivity index (χ4v) is 5.35. The number of hydrogen-bond donors (Lipinski definition) is 0. The lowest BCUT2D eigenvalue weighted by atomic mass is 9.80. The molecule has 0 saturated heterocycles. The van der Waals surface area contributed by atoms with Crippen molar-refractivity contribution < 1.29 is 0 Å². The molecule has 4 rings (SSSR count). The van der Waals surface area contributed by atoms with Gasteiger partial charge in [-0.1, -0.05) is 95.0 Å². The maximum atomic E-state index is 5.25. The van der Waals surface area contributed by atoms with E-state index < -0.39 is 0 Å². The number of rotatable bonds is 7. The van der Waals surface area contributed by atoms with Gasteiger partial charge in [0.2, 0.25) is 0 Å². The molecule has 0 unspecified atom stereocenters. The van der Waals surface area contributed by atoms with Crippen molar-refractivity contribution in [1.29, 1.82) is 0 Å². The molecule has 2 heteroatoms. The van der Waals surface area contributed by atoms with Crippen LogP contribution in [-0.4, -0.2) is 9.78 Å². The fourth-order valence-electron chi connectivity index (χ4n) is 5.35. The molecule has 0 amide bonds. The molecule has 2 nitrogen and oxygen atoms in total. The highest BCUT2D eigenvalue weighted by molar-refractivity contribution is 5.86. The lowest BCUT2D eigenvalue weighted by molar-refractivity contribution is 0.237. The molecule has 0 radical (unpaired) electrons. The summed E-state index contributed by atoms with van der Waals surface area (Å²) in [6.45, 7) is 7.95. The molecule has 160 valence electrons. The molecule has 30 heavy (non-hydrogen) atoms. The van der Waals surface area contributed by atoms with Gasteiger partial charge in [-0.15, -0.1) is 0 Å². The third kappa shape index (κ3) is 4.63. The number of allylic oxidation sites excluding steroid dienone is 4. The van der Waals surface area contributed by atoms with Crippen LogP contribution in [0.2, 0.25) is 0 Å². The number of nitrogens with zero attached hydrogens (tertiary/aromatic N) is 2. The molecule has 1 fully saturated rings. The highest BCUT2D eigenvalue weighted by Crippen LogP contribution is 2.39. The van der Waals surface area contributed by atoms with Crippen LogP contribution in [0.5, 0.6) is 0 Å². The van der Waals surface area contributed by atoms with Crippen LogP contribution in [-0.2, 0) is 6.54 Å². The van der Waals surface area contributed by atoms with Crippen molar-refractivity contribution in [1.82, 2.24) is 9.78 Å². The van der Waals surface area contributed by atoms with Gasteiger partial charge >= 0.3 is 0 Å². The van der Waals surface area contributed by atoms with Gasteiger partial charge in [0.25, 0.3) is 0 Å². The van der Waals surface area contributed by atoms with E-state index in [0.717, 1.165) is 31.2 Å². The maximum absolute atomic E-state index is 5.25. The summed E-state index contributed by atoms with van der Waals surface area (Å²) >= 11 is 0. The van der Waals surface area contributed by atoms with Gasteiger partial charge in [0.05, 0.1) is 11.4 Å². The second-order valence-electron chi connectivity index (χ2n) is 9.63. The van der Waals surface area contributed by atoms with Crippen molar-refractivity contribution in [2.75, 3.05) is 0 Å². The Morgan fingerprint density at radius 3 is 2.37 bits per heavy atom. The summed E-state index contributed by atoms with van der Waals surface area (Å²) < 4.78 is 2.37. The zero-order valence-corrected chi connectivity index (χ0v) is 19.1. The molecule has 0 aliphatic heterocycles. The van der Waals surface area contributed by atoms with Crippen molar-refractivity contribution in [2.45, 2.75) is 84.6 Å². The highest BCUT2D eigenvalue weighted by Gasteiger charge is 2.27. The Kier molecular flexibility index (Phi) is 6.92. The molecule has 0 bridgehead atoms. The second kappa shape index (κ2) is 9.81. The van der Waals surface area contributed by atoms with Gasteiger partial charge in [-0.2, -0.15) is 5.10 Å². The van der Waals surface area contributed by atoms with Crippen LogP contribution in [0.1, 0.15) is 89.3 Å². The number of hydrogen-bond acceptors (Lipinski definition) is 1. The fraction of sp³-hybridized carbons (Fsp3) is 0.536. The van der Waals surface area contributed by atoms with Crippen LogP contribution in [0, 0.1) is 11.8 Å². The molecule has 2 aromatic rings. The first-order chi connectivity index (χ1) is 14.7. The Balaban J connectivity index is 1.71. The average molecular weight is 403 g/mol. The number of aromatic nitrogens is 2. The van der Waals surface area contributed by atoms with E-state index in [9.17, 15) is 0 Å². The van der Waals surface area contributed by atoms with E-state index in [4.69, 9.17) is 5.10 Å². The largest absolute Gasteiger partial charge is 0.264 e. The summed E-state index contributed by atoms with van der Waals surface area (Å²) in [6, 6.07) is 10.9. The molecule has 2 aliphatic rings. The minimum absolute atomic E-state index is 0.417. The van der Waals surface area contributed by atoms with E-state index in [1.54, 1.807) is 0 Å². The van der Waals surface area contributed by atoms with Crippen LogP contribution in [0.4, 0.5) is 0 Å². The molecule has 1 saturated carbocycles. The van der Waals surface area contributed by atoms with Gasteiger partial charge in [0.15, 0.2) is 0 Å². The molecular formula is C28H38N2. The topological polar surface area (TPSA) is 17.8 Å². The molecule has 2 aliphatic carbocycles. The van der Waals surface area contributed by atoms with Crippen LogP contribution in [0.25, 0.3) is 16.8 Å². The van der Waals surface area contributed by atoms with Crippen LogP contribution < -0.4 is 0 Å². The molecule has 0 N–H and O–H groups in total. The van der Waals surface area contributed by atoms with E-state index in [0.29, 0.717) is 5.92 Å². The van der Waals surface area contributed by atoms with E-state index in [2.05, 4.69) is 74.0 Å². The Morgan fingerprint density at radius 2 is 1.73 bits per heavy atom. The molecule has 0 spiro atoms. The first kappa shape index (κ1) is 21.2. The summed E-state index contributed by atoms with van der Waals surface area (Å²) in [5.41, 5.74) is 6.61. The zero-order chi connectivity index (χ0) is 20.9. The van der Waals surface area contributed by atoms with Gasteiger partial charge in [0, 0.05) is 17.7 Å². The van der Waals surface area contributed by atoms with Crippen molar-refractivity contribution in [3.63, 3.8) is 0 Å². The highest BCUT2D eigenvalue weighted by atomic mass is 15.3. The van der Waals surface area contributed by atoms with E-state index in [-0.39, 0.29) is 0 Å². The van der Waals surface area contributed by atoms with Crippen LogP contribution in [0.15, 0.2) is 48.6 Å². The van der Waals surface area contributed by atoms with Crippen molar-refractivity contribution in [3.05, 3.63) is 59.8 Å². The van der Waals surface area contributed by atoms with Crippen LogP contribution >= 0.6 is 0 Å². The first-order valence-corrected chi connectivity index (χ1v) is 12.2. The minimum Gasteiger partial charge on any atom is -0.264 e. The van der Waals surface area contributed by atoms with Crippen molar-refractivity contribution in [2.24, 2.45) is 11.8 Å². The Bertz CT molecular complexity index is 877. The third-order valence-corrected chi connectivity index (χ3v) is 6.95. The second-order valence-corrected chi connectivity index (χ2v) is 9.63. The van der Waals surface area contributed by atoms with Crippen molar-refractivity contribution in [3.8, 4) is 11.3 Å². The normalized spacial score (nSPS) is 21.8. The Morgan fingerprint density at radius 1 is 1.00 bits per heavy atom. The quantitative estimate of drug-likeness (QED) is 0.458. The van der Waals surface area contributed by atoms with E-state index in [1.165, 1.54) is 66.6 Å². The van der Waals surface area contributed by atoms with E-state index in [1.807, 2.05) is 0 Å². The van der Waals surface area contributed by atoms with Crippen LogP contribution in [0.3, 0.4) is 0 Å². The van der Waals surface area contributed by atoms with Gasteiger partial charge in [-0.25, -0.2) is 0 Å². The summed E-state index contributed by atoms with van der Waals surface area (Å²) in [5, 5.41) is 5.25. The first-order valence-electron chi connectivity index (χ1n) is 12.2. The lowest BCUT2D eigenvalue weighted by Crippen LogP contribution is -2.20. The zero-order valence-electron chi connectivity index (χ0n) is 19.1. The summed E-state index contributed by atoms with van der Waals surface area (Å²) in [7, 11) is 0. The molecular weight excluding hydrogens is 364 g/mol. The summed E-state index contributed by atoms with van der Waals surface area (Å²) in [6.07, 6.45) is 17.6. The molecule has 1 heterocycles. The minimum atomic E-state index is 0.417. The lowest BCUT2D eigenvalue weighted by Gasteiger charge is -2.28. The Hall–Kier alpha value is -2.09. The molecule has 1 aromatic carbocycles. The van der Waals surface area contributed by atoms with Gasteiger partial charge in [-0.05, 0) is 49.0 Å². The SMILES string of the molecule is CCCC1CCC(Cn2nc(C(C)C)c(C3=CCCC=C3)c2-c2ccccc2)CC1. The molecule has 1 aromatic heterocycles. The summed E-state index contributed by atoms with van der Waals surface area (Å²) in [5.74, 6) is 2.13. The Labute approximate surface area is 183 Å². The van der Waals surface area contributed by atoms with Gasteiger partial charge < -0.3 is 0 Å². The van der Waals surface area contributed by atoms with Gasteiger partial charge in [-0.3, -0.25) is 4.68 Å².